The van der Waals surface area contributed by atoms with Gasteiger partial charge in [0.05, 0.1) is 11.9 Å². The lowest BCUT2D eigenvalue weighted by Crippen LogP contribution is -2.53. The van der Waals surface area contributed by atoms with Gasteiger partial charge in [-0.25, -0.2) is 9.67 Å². The van der Waals surface area contributed by atoms with Crippen LogP contribution in [0.3, 0.4) is 0 Å². The van der Waals surface area contributed by atoms with Crippen molar-refractivity contribution in [1.82, 2.24) is 20.1 Å². The maximum Gasteiger partial charge on any atom is 0.443 e. The smallest absolute Gasteiger partial charge is 0.399 e. The van der Waals surface area contributed by atoms with Crippen molar-refractivity contribution in [1.29, 1.82) is 0 Å². The number of thiazole rings is 1. The number of nitrogen functional groups attached to an aromatic ring is 1. The van der Waals surface area contributed by atoms with Crippen LogP contribution in [0.25, 0.3) is 5.69 Å². The zero-order valence-electron chi connectivity index (χ0n) is 19.6. The molecule has 0 bridgehead atoms. The van der Waals surface area contributed by atoms with Crippen molar-refractivity contribution in [3.63, 3.8) is 0 Å². The zero-order chi connectivity index (χ0) is 26.6. The molecule has 3 heterocycles. The van der Waals surface area contributed by atoms with E-state index in [1.54, 1.807) is 17.8 Å². The van der Waals surface area contributed by atoms with Crippen molar-refractivity contribution in [3.8, 4) is 5.69 Å². The highest BCUT2D eigenvalue weighted by atomic mass is 32.1. The van der Waals surface area contributed by atoms with Gasteiger partial charge in [-0.1, -0.05) is 36.4 Å². The minimum atomic E-state index is -4.62. The van der Waals surface area contributed by atoms with Crippen molar-refractivity contribution >= 4 is 34.7 Å². The highest BCUT2D eigenvalue weighted by Gasteiger charge is 2.38. The number of rotatable bonds is 4. The number of halogens is 3. The first kappa shape index (κ1) is 25.9. The van der Waals surface area contributed by atoms with Gasteiger partial charge in [-0.05, 0) is 31.2 Å². The number of nitrogens with one attached hydrogen (secondary N) is 1. The lowest BCUT2D eigenvalue weighted by Gasteiger charge is -2.32. The first-order chi connectivity index (χ1) is 17.7. The fraction of sp³-hybridized carbons (Fsp3) is 0.200. The van der Waals surface area contributed by atoms with Crippen LogP contribution in [0.5, 0.6) is 0 Å². The molecule has 2 aromatic carbocycles. The van der Waals surface area contributed by atoms with E-state index in [0.717, 1.165) is 22.3 Å². The summed E-state index contributed by atoms with van der Waals surface area (Å²) in [5.74, 6) is -0.565. The second-order valence-corrected chi connectivity index (χ2v) is 8.86. The molecule has 2 amide bonds. The van der Waals surface area contributed by atoms with E-state index in [2.05, 4.69) is 15.4 Å². The number of likely N-dealkylation sites (N-methyl/N-ethyl adjacent to an activating group) is 1. The van der Waals surface area contributed by atoms with Crippen LogP contribution in [0.2, 0.25) is 0 Å². The number of hydrogen-bond acceptors (Lipinski definition) is 6. The maximum atomic E-state index is 13.0. The number of carbonyl (C=O) groups is 2. The van der Waals surface area contributed by atoms with E-state index >= 15 is 0 Å². The van der Waals surface area contributed by atoms with Crippen LogP contribution in [0.15, 0.2) is 72.2 Å². The Hall–Kier alpha value is -4.19. The van der Waals surface area contributed by atoms with Gasteiger partial charge in [0.2, 0.25) is 0 Å². The second-order valence-electron chi connectivity index (χ2n) is 8.00. The molecule has 0 spiro atoms. The van der Waals surface area contributed by atoms with Crippen LogP contribution in [0, 0.1) is 0 Å². The standard InChI is InChI=1S/C19H16F3N5O2S.C6H7N/c1-2-26-16-11(9-23-27(16)12-6-4-3-5-7-12)8-13(17(26)29)24-15(28)14-10-30-18(25-14)19(20,21)22;7-6-4-2-1-3-5-6/h3-7,9-10,13H,2,8H2,1H3,(H,24,28);1-5H,7H2. The minimum Gasteiger partial charge on any atom is -0.399 e. The highest BCUT2D eigenvalue weighted by molar-refractivity contribution is 7.10. The number of aromatic nitrogens is 3. The van der Waals surface area contributed by atoms with Gasteiger partial charge in [0.1, 0.15) is 17.6 Å². The van der Waals surface area contributed by atoms with Crippen molar-refractivity contribution < 1.29 is 22.8 Å². The molecule has 8 nitrogen and oxygen atoms in total. The van der Waals surface area contributed by atoms with Crippen LogP contribution in [-0.4, -0.2) is 39.2 Å². The molecule has 0 fully saturated rings. The summed E-state index contributed by atoms with van der Waals surface area (Å²) in [6.45, 7) is 2.13. The number of para-hydroxylation sites is 2. The summed E-state index contributed by atoms with van der Waals surface area (Å²) in [5.41, 5.74) is 7.35. The Morgan fingerprint density at radius 1 is 1.14 bits per heavy atom. The van der Waals surface area contributed by atoms with Gasteiger partial charge in [-0.15, -0.1) is 11.3 Å². The van der Waals surface area contributed by atoms with Crippen molar-refractivity contribution in [2.45, 2.75) is 25.6 Å². The lowest BCUT2D eigenvalue weighted by atomic mass is 10.0. The average Bonchev–Trinajstić information content (AvgIpc) is 3.54. The Morgan fingerprint density at radius 3 is 2.32 bits per heavy atom. The molecule has 5 rings (SSSR count). The van der Waals surface area contributed by atoms with Crippen molar-refractivity contribution in [2.24, 2.45) is 0 Å². The molecular weight excluding hydrogens is 505 g/mol. The molecule has 1 aliphatic rings. The Bertz CT molecular complexity index is 1370. The monoisotopic (exact) mass is 528 g/mol. The van der Waals surface area contributed by atoms with Crippen LogP contribution in [0.1, 0.15) is 28.0 Å². The van der Waals surface area contributed by atoms with Gasteiger partial charge in [-0.2, -0.15) is 18.3 Å². The number of nitrogens with zero attached hydrogens (tertiary/aromatic N) is 4. The molecule has 0 aliphatic carbocycles. The van der Waals surface area contributed by atoms with E-state index in [4.69, 9.17) is 5.73 Å². The Morgan fingerprint density at radius 2 is 1.78 bits per heavy atom. The van der Waals surface area contributed by atoms with Crippen LogP contribution in [-0.2, 0) is 17.4 Å². The summed E-state index contributed by atoms with van der Waals surface area (Å²) in [5, 5.41) is 6.81. The third-order valence-electron chi connectivity index (χ3n) is 5.46. The fourth-order valence-electron chi connectivity index (χ4n) is 3.78. The summed E-state index contributed by atoms with van der Waals surface area (Å²) < 4.78 is 39.9. The minimum absolute atomic E-state index is 0.180. The molecule has 1 aliphatic heterocycles. The fourth-order valence-corrected chi connectivity index (χ4v) is 4.44. The van der Waals surface area contributed by atoms with Gasteiger partial charge in [-0.3, -0.25) is 14.5 Å². The Kier molecular flexibility index (Phi) is 7.58. The first-order valence-electron chi connectivity index (χ1n) is 11.3. The normalized spacial score (nSPS) is 15.0. The number of fused-ring (bicyclic) bond motifs is 1. The van der Waals surface area contributed by atoms with E-state index in [1.165, 1.54) is 4.90 Å². The number of nitrogens with two attached hydrogens (primary N) is 1. The lowest BCUT2D eigenvalue weighted by molar-refractivity contribution is -0.137. The number of carbonyl (C=O) groups excluding carboxylic acids is 2. The predicted octanol–water partition coefficient (Wildman–Crippen LogP) is 4.32. The van der Waals surface area contributed by atoms with Gasteiger partial charge < -0.3 is 11.1 Å². The van der Waals surface area contributed by atoms with Gasteiger partial charge in [0.15, 0.2) is 5.01 Å². The van der Waals surface area contributed by atoms with Gasteiger partial charge >= 0.3 is 6.18 Å². The van der Waals surface area contributed by atoms with E-state index in [-0.39, 0.29) is 18.0 Å². The predicted molar refractivity (Wildman–Crippen MR) is 135 cm³/mol. The summed E-state index contributed by atoms with van der Waals surface area (Å²) >= 11 is 0.337. The van der Waals surface area contributed by atoms with Crippen molar-refractivity contribution in [3.05, 3.63) is 88.5 Å². The molecular formula is C25H23F3N6O2S. The van der Waals surface area contributed by atoms with E-state index < -0.39 is 23.1 Å². The van der Waals surface area contributed by atoms with Crippen LogP contribution < -0.4 is 16.0 Å². The molecule has 0 saturated carbocycles. The molecule has 3 N–H and O–H groups in total. The summed E-state index contributed by atoms with van der Waals surface area (Å²) in [6, 6.07) is 17.9. The Balaban J connectivity index is 0.000000396. The summed E-state index contributed by atoms with van der Waals surface area (Å²) in [6.07, 6.45) is -2.81. The molecule has 2 aromatic heterocycles. The van der Waals surface area contributed by atoms with E-state index in [9.17, 15) is 22.8 Å². The molecule has 12 heteroatoms. The van der Waals surface area contributed by atoms with Crippen LogP contribution >= 0.6 is 11.3 Å². The third-order valence-corrected chi connectivity index (χ3v) is 6.35. The maximum absolute atomic E-state index is 13.0. The summed E-state index contributed by atoms with van der Waals surface area (Å²) in [7, 11) is 0. The molecule has 192 valence electrons. The second kappa shape index (κ2) is 10.8. The van der Waals surface area contributed by atoms with Gasteiger partial charge in [0, 0.05) is 29.6 Å². The quantitative estimate of drug-likeness (QED) is 0.384. The zero-order valence-corrected chi connectivity index (χ0v) is 20.5. The molecule has 1 atom stereocenters. The van der Waals surface area contributed by atoms with Crippen LogP contribution in [0.4, 0.5) is 24.7 Å². The SMILES string of the molecule is CCN1C(=O)C(NC(=O)c2csc(C(F)(F)F)n2)Cc2cnn(-c3ccccc3)c21.Nc1ccccc1. The highest BCUT2D eigenvalue weighted by Crippen LogP contribution is 2.32. The molecule has 37 heavy (non-hydrogen) atoms. The average molecular weight is 529 g/mol. The van der Waals surface area contributed by atoms with E-state index in [0.29, 0.717) is 23.7 Å². The number of alkyl halides is 3. The Labute approximate surface area is 214 Å². The third kappa shape index (κ3) is 5.80. The first-order valence-corrected chi connectivity index (χ1v) is 12.1. The number of benzene rings is 2. The topological polar surface area (TPSA) is 106 Å². The number of hydrogen-bond donors (Lipinski definition) is 2. The molecule has 4 aromatic rings. The van der Waals surface area contributed by atoms with Crippen molar-refractivity contribution in [2.75, 3.05) is 17.2 Å². The number of amides is 2. The van der Waals surface area contributed by atoms with Gasteiger partial charge in [0.25, 0.3) is 11.8 Å². The molecule has 0 saturated heterocycles. The molecule has 1 unspecified atom stereocenters. The van der Waals surface area contributed by atoms with E-state index in [1.807, 2.05) is 60.7 Å². The molecule has 0 radical (unpaired) electrons. The number of anilines is 2. The summed E-state index contributed by atoms with van der Waals surface area (Å²) in [4.78, 5) is 30.3. The largest absolute Gasteiger partial charge is 0.443 e.